The first kappa shape index (κ1) is 12.7. The van der Waals surface area contributed by atoms with Crippen LogP contribution in [-0.4, -0.2) is 19.4 Å². The summed E-state index contributed by atoms with van der Waals surface area (Å²) in [6.45, 7) is 4.84. The Bertz CT molecular complexity index is 335. The first-order chi connectivity index (χ1) is 7.06. The number of carbonyl (C=O) groups is 1. The SMILES string of the molecule is CNCC(C(=O)c1ccc(Cl)s1)C(C)C. The number of halogens is 1. The molecule has 1 rings (SSSR count). The fourth-order valence-electron chi connectivity index (χ4n) is 1.48. The molecule has 0 saturated carbocycles. The minimum Gasteiger partial charge on any atom is -0.319 e. The molecule has 1 aromatic heterocycles. The fraction of sp³-hybridized carbons (Fsp3) is 0.545. The maximum Gasteiger partial charge on any atom is 0.177 e. The minimum absolute atomic E-state index is 0.0321. The summed E-state index contributed by atoms with van der Waals surface area (Å²) >= 11 is 7.17. The summed E-state index contributed by atoms with van der Waals surface area (Å²) in [5.41, 5.74) is 0. The summed E-state index contributed by atoms with van der Waals surface area (Å²) in [7, 11) is 1.87. The van der Waals surface area contributed by atoms with Crippen LogP contribution in [0.4, 0.5) is 0 Å². The molecule has 0 aromatic carbocycles. The number of nitrogens with one attached hydrogen (secondary N) is 1. The van der Waals surface area contributed by atoms with E-state index in [4.69, 9.17) is 11.6 Å². The van der Waals surface area contributed by atoms with E-state index in [9.17, 15) is 4.79 Å². The second kappa shape index (κ2) is 5.64. The van der Waals surface area contributed by atoms with E-state index < -0.39 is 0 Å². The van der Waals surface area contributed by atoms with Gasteiger partial charge in [-0.15, -0.1) is 11.3 Å². The third-order valence-electron chi connectivity index (χ3n) is 2.38. The smallest absolute Gasteiger partial charge is 0.177 e. The second-order valence-electron chi connectivity index (χ2n) is 3.88. The van der Waals surface area contributed by atoms with Gasteiger partial charge in [-0.3, -0.25) is 4.79 Å². The molecule has 4 heteroatoms. The normalized spacial score (nSPS) is 13.1. The lowest BCUT2D eigenvalue weighted by molar-refractivity contribution is 0.0890. The molecule has 1 atom stereocenters. The van der Waals surface area contributed by atoms with Crippen LogP contribution in [0.1, 0.15) is 23.5 Å². The molecule has 0 spiro atoms. The van der Waals surface area contributed by atoms with Gasteiger partial charge in [-0.05, 0) is 25.1 Å². The van der Waals surface area contributed by atoms with Gasteiger partial charge in [-0.2, -0.15) is 0 Å². The monoisotopic (exact) mass is 245 g/mol. The number of ketones is 1. The maximum absolute atomic E-state index is 12.1. The molecule has 15 heavy (non-hydrogen) atoms. The number of carbonyl (C=O) groups excluding carboxylic acids is 1. The highest BCUT2D eigenvalue weighted by Crippen LogP contribution is 2.26. The van der Waals surface area contributed by atoms with E-state index >= 15 is 0 Å². The fourth-order valence-corrected chi connectivity index (χ4v) is 2.53. The predicted octanol–water partition coefficient (Wildman–Crippen LogP) is 3.08. The van der Waals surface area contributed by atoms with E-state index in [0.29, 0.717) is 16.8 Å². The largest absolute Gasteiger partial charge is 0.319 e. The van der Waals surface area contributed by atoms with E-state index in [1.807, 2.05) is 7.05 Å². The lowest BCUT2D eigenvalue weighted by Gasteiger charge is -2.18. The summed E-state index contributed by atoms with van der Waals surface area (Å²) < 4.78 is 0.672. The first-order valence-electron chi connectivity index (χ1n) is 5.00. The van der Waals surface area contributed by atoms with E-state index in [0.717, 1.165) is 4.88 Å². The van der Waals surface area contributed by atoms with Gasteiger partial charge in [0.1, 0.15) is 0 Å². The van der Waals surface area contributed by atoms with Crippen LogP contribution in [0.25, 0.3) is 0 Å². The van der Waals surface area contributed by atoms with Crippen molar-refractivity contribution >= 4 is 28.7 Å². The van der Waals surface area contributed by atoms with Gasteiger partial charge < -0.3 is 5.32 Å². The number of hydrogen-bond donors (Lipinski definition) is 1. The molecular formula is C11H16ClNOS. The number of Topliss-reactive ketones (excluding diaryl/α,β-unsaturated/α-hetero) is 1. The van der Waals surface area contributed by atoms with Crippen LogP contribution < -0.4 is 5.32 Å². The summed E-state index contributed by atoms with van der Waals surface area (Å²) in [6, 6.07) is 3.58. The lowest BCUT2D eigenvalue weighted by Crippen LogP contribution is -2.30. The van der Waals surface area contributed by atoms with Crippen molar-refractivity contribution in [3.8, 4) is 0 Å². The van der Waals surface area contributed by atoms with Gasteiger partial charge in [0.15, 0.2) is 5.78 Å². The van der Waals surface area contributed by atoms with Crippen molar-refractivity contribution in [2.45, 2.75) is 13.8 Å². The third-order valence-corrected chi connectivity index (χ3v) is 3.63. The molecule has 0 fully saturated rings. The van der Waals surface area contributed by atoms with Crippen molar-refractivity contribution in [2.24, 2.45) is 11.8 Å². The number of rotatable bonds is 5. The van der Waals surface area contributed by atoms with Gasteiger partial charge in [0, 0.05) is 12.5 Å². The van der Waals surface area contributed by atoms with Crippen LogP contribution in [0.5, 0.6) is 0 Å². The lowest BCUT2D eigenvalue weighted by atomic mass is 9.91. The van der Waals surface area contributed by atoms with Gasteiger partial charge >= 0.3 is 0 Å². The minimum atomic E-state index is 0.0321. The molecule has 0 aliphatic heterocycles. The Hall–Kier alpha value is -0.380. The first-order valence-corrected chi connectivity index (χ1v) is 6.20. The Balaban J connectivity index is 2.80. The third kappa shape index (κ3) is 3.30. The number of thiophene rings is 1. The van der Waals surface area contributed by atoms with Crippen molar-refractivity contribution in [1.29, 1.82) is 0 Å². The van der Waals surface area contributed by atoms with Gasteiger partial charge in [0.25, 0.3) is 0 Å². The summed E-state index contributed by atoms with van der Waals surface area (Å²) in [6.07, 6.45) is 0. The summed E-state index contributed by atoms with van der Waals surface area (Å²) in [5, 5.41) is 3.06. The zero-order chi connectivity index (χ0) is 11.4. The molecule has 1 N–H and O–H groups in total. The predicted molar refractivity (Wildman–Crippen MR) is 65.9 cm³/mol. The highest BCUT2D eigenvalue weighted by molar-refractivity contribution is 7.18. The quantitative estimate of drug-likeness (QED) is 0.808. The second-order valence-corrected chi connectivity index (χ2v) is 5.59. The van der Waals surface area contributed by atoms with Gasteiger partial charge in [0.05, 0.1) is 9.21 Å². The van der Waals surface area contributed by atoms with E-state index in [-0.39, 0.29) is 11.7 Å². The van der Waals surface area contributed by atoms with Crippen LogP contribution >= 0.6 is 22.9 Å². The molecule has 0 aliphatic carbocycles. The van der Waals surface area contributed by atoms with Gasteiger partial charge in [-0.25, -0.2) is 0 Å². The molecular weight excluding hydrogens is 230 g/mol. The highest BCUT2D eigenvalue weighted by Gasteiger charge is 2.23. The van der Waals surface area contributed by atoms with Crippen LogP contribution in [0.3, 0.4) is 0 Å². The van der Waals surface area contributed by atoms with Crippen molar-refractivity contribution in [2.75, 3.05) is 13.6 Å². The molecule has 0 amide bonds. The molecule has 1 unspecified atom stereocenters. The van der Waals surface area contributed by atoms with Crippen LogP contribution in [0, 0.1) is 11.8 Å². The summed E-state index contributed by atoms with van der Waals surface area (Å²) in [5.74, 6) is 0.562. The average molecular weight is 246 g/mol. The zero-order valence-electron chi connectivity index (χ0n) is 9.21. The summed E-state index contributed by atoms with van der Waals surface area (Å²) in [4.78, 5) is 12.9. The molecule has 1 aromatic rings. The van der Waals surface area contributed by atoms with E-state index in [2.05, 4.69) is 19.2 Å². The van der Waals surface area contributed by atoms with Crippen LogP contribution in [0.15, 0.2) is 12.1 Å². The van der Waals surface area contributed by atoms with E-state index in [1.54, 1.807) is 12.1 Å². The van der Waals surface area contributed by atoms with Crippen LogP contribution in [-0.2, 0) is 0 Å². The Kier molecular flexibility index (Phi) is 4.77. The standard InChI is InChI=1S/C11H16ClNOS/c1-7(2)8(6-13-3)11(14)9-4-5-10(12)15-9/h4-5,7-8,13H,6H2,1-3H3. The van der Waals surface area contributed by atoms with E-state index in [1.165, 1.54) is 11.3 Å². The molecule has 0 bridgehead atoms. The Morgan fingerprint density at radius 1 is 1.53 bits per heavy atom. The topological polar surface area (TPSA) is 29.1 Å². The van der Waals surface area contributed by atoms with Crippen molar-refractivity contribution in [3.63, 3.8) is 0 Å². The molecule has 0 saturated heterocycles. The zero-order valence-corrected chi connectivity index (χ0v) is 10.8. The van der Waals surface area contributed by atoms with Crippen LogP contribution in [0.2, 0.25) is 4.34 Å². The average Bonchev–Trinajstić information content (AvgIpc) is 2.59. The van der Waals surface area contributed by atoms with Crippen molar-refractivity contribution in [1.82, 2.24) is 5.32 Å². The van der Waals surface area contributed by atoms with Gasteiger partial charge in [-0.1, -0.05) is 25.4 Å². The molecule has 1 heterocycles. The Morgan fingerprint density at radius 2 is 2.20 bits per heavy atom. The molecule has 2 nitrogen and oxygen atoms in total. The van der Waals surface area contributed by atoms with Crippen molar-refractivity contribution in [3.05, 3.63) is 21.3 Å². The number of hydrogen-bond acceptors (Lipinski definition) is 3. The Labute approximate surface area is 99.6 Å². The highest BCUT2D eigenvalue weighted by atomic mass is 35.5. The molecule has 0 radical (unpaired) electrons. The van der Waals surface area contributed by atoms with Crippen molar-refractivity contribution < 1.29 is 4.79 Å². The van der Waals surface area contributed by atoms with Gasteiger partial charge in [0.2, 0.25) is 0 Å². The molecule has 84 valence electrons. The Morgan fingerprint density at radius 3 is 2.60 bits per heavy atom. The molecule has 0 aliphatic rings. The maximum atomic E-state index is 12.1.